The molecule has 0 bridgehead atoms. The molecule has 1 heteroatoms. The molecular formula is C16H24O. The number of aryl methyl sites for hydroxylation is 1. The largest absolute Gasteiger partial charge is 0.376 e. The van der Waals surface area contributed by atoms with Crippen molar-refractivity contribution in [2.24, 2.45) is 0 Å². The number of rotatable bonds is 2. The molecule has 0 amide bonds. The van der Waals surface area contributed by atoms with Gasteiger partial charge in [0.05, 0.1) is 5.60 Å². The maximum atomic E-state index is 5.87. The minimum Gasteiger partial charge on any atom is -0.376 e. The van der Waals surface area contributed by atoms with Crippen molar-refractivity contribution in [1.29, 1.82) is 0 Å². The summed E-state index contributed by atoms with van der Waals surface area (Å²) >= 11 is 0. The van der Waals surface area contributed by atoms with Crippen LogP contribution in [0.4, 0.5) is 0 Å². The van der Waals surface area contributed by atoms with Crippen molar-refractivity contribution in [3.05, 3.63) is 35.4 Å². The first-order valence-electron chi connectivity index (χ1n) is 6.69. The molecule has 1 aliphatic heterocycles. The van der Waals surface area contributed by atoms with Crippen LogP contribution in [0.25, 0.3) is 0 Å². The molecule has 94 valence electrons. The fraction of sp³-hybridized carbons (Fsp3) is 0.625. The normalized spacial score (nSPS) is 28.0. The number of hydrogen-bond donors (Lipinski definition) is 0. The monoisotopic (exact) mass is 232 g/mol. The summed E-state index contributed by atoms with van der Waals surface area (Å²) in [5, 5.41) is 0. The minimum absolute atomic E-state index is 0.0130. The Bertz CT molecular complexity index is 377. The summed E-state index contributed by atoms with van der Waals surface area (Å²) in [6.07, 6.45) is 3.47. The zero-order valence-electron chi connectivity index (χ0n) is 11.5. The molecule has 1 nitrogen and oxygen atoms in total. The van der Waals surface area contributed by atoms with Gasteiger partial charge < -0.3 is 4.74 Å². The molecule has 0 aliphatic carbocycles. The maximum absolute atomic E-state index is 5.87. The Morgan fingerprint density at radius 1 is 1.18 bits per heavy atom. The molecular weight excluding hydrogens is 208 g/mol. The van der Waals surface area contributed by atoms with Crippen LogP contribution in [-0.2, 0) is 10.2 Å². The first-order valence-corrected chi connectivity index (χ1v) is 6.69. The molecule has 17 heavy (non-hydrogen) atoms. The Labute approximate surface area is 105 Å². The minimum atomic E-state index is 0.0130. The third kappa shape index (κ3) is 2.55. The molecule has 1 aromatic carbocycles. The van der Waals surface area contributed by atoms with Crippen LogP contribution in [0.5, 0.6) is 0 Å². The van der Waals surface area contributed by atoms with Gasteiger partial charge in [0.1, 0.15) is 0 Å². The van der Waals surface area contributed by atoms with E-state index in [4.69, 9.17) is 4.74 Å². The van der Waals surface area contributed by atoms with Gasteiger partial charge in [-0.25, -0.2) is 0 Å². The van der Waals surface area contributed by atoms with Crippen LogP contribution in [0.1, 0.15) is 51.2 Å². The lowest BCUT2D eigenvalue weighted by atomic mass is 9.67. The van der Waals surface area contributed by atoms with Crippen molar-refractivity contribution >= 4 is 0 Å². The molecule has 0 saturated carbocycles. The van der Waals surface area contributed by atoms with Crippen molar-refractivity contribution in [3.63, 3.8) is 0 Å². The number of ether oxygens (including phenoxy) is 1. The van der Waals surface area contributed by atoms with Crippen LogP contribution in [-0.4, -0.2) is 12.2 Å². The summed E-state index contributed by atoms with van der Waals surface area (Å²) in [4.78, 5) is 0. The molecule has 1 aliphatic rings. The summed E-state index contributed by atoms with van der Waals surface area (Å²) in [7, 11) is 0. The topological polar surface area (TPSA) is 9.23 Å². The van der Waals surface area contributed by atoms with E-state index in [1.807, 2.05) is 0 Å². The lowest BCUT2D eigenvalue weighted by molar-refractivity contribution is -0.0832. The third-order valence-electron chi connectivity index (χ3n) is 4.18. The van der Waals surface area contributed by atoms with Crippen molar-refractivity contribution in [2.75, 3.05) is 6.61 Å². The van der Waals surface area contributed by atoms with E-state index in [1.54, 1.807) is 0 Å². The van der Waals surface area contributed by atoms with E-state index in [0.717, 1.165) is 19.4 Å². The smallest absolute Gasteiger partial charge is 0.0635 e. The van der Waals surface area contributed by atoms with Gasteiger partial charge in [-0.15, -0.1) is 0 Å². The van der Waals surface area contributed by atoms with Gasteiger partial charge in [-0.3, -0.25) is 0 Å². The summed E-state index contributed by atoms with van der Waals surface area (Å²) < 4.78 is 5.87. The van der Waals surface area contributed by atoms with Gasteiger partial charge in [-0.05, 0) is 51.0 Å². The van der Waals surface area contributed by atoms with E-state index in [-0.39, 0.29) is 5.60 Å². The highest BCUT2D eigenvalue weighted by Crippen LogP contribution is 2.43. The predicted octanol–water partition coefficient (Wildman–Crippen LogP) is 4.23. The van der Waals surface area contributed by atoms with E-state index in [2.05, 4.69) is 52.0 Å². The molecule has 1 unspecified atom stereocenters. The Kier molecular flexibility index (Phi) is 3.31. The Morgan fingerprint density at radius 2 is 1.82 bits per heavy atom. The molecule has 2 rings (SSSR count). The van der Waals surface area contributed by atoms with Gasteiger partial charge in [-0.2, -0.15) is 0 Å². The average Bonchev–Trinajstić information content (AvgIpc) is 2.28. The van der Waals surface area contributed by atoms with Gasteiger partial charge in [0.15, 0.2) is 0 Å². The van der Waals surface area contributed by atoms with Gasteiger partial charge in [0.2, 0.25) is 0 Å². The van der Waals surface area contributed by atoms with Gasteiger partial charge in [0, 0.05) is 6.61 Å². The van der Waals surface area contributed by atoms with Crippen LogP contribution in [0.3, 0.4) is 0 Å². The lowest BCUT2D eigenvalue weighted by Gasteiger charge is -2.45. The quantitative estimate of drug-likeness (QED) is 0.741. The average molecular weight is 232 g/mol. The van der Waals surface area contributed by atoms with E-state index in [9.17, 15) is 0 Å². The van der Waals surface area contributed by atoms with Crippen LogP contribution in [0.2, 0.25) is 0 Å². The summed E-state index contributed by atoms with van der Waals surface area (Å²) in [6, 6.07) is 9.07. The SMILES string of the molecule is CCC1(c2ccc(C)cc2)CCOC(C)(C)C1. The highest BCUT2D eigenvalue weighted by atomic mass is 16.5. The standard InChI is InChI=1S/C16H24O/c1-5-16(10-11-17-15(3,4)12-16)14-8-6-13(2)7-9-14/h6-9H,5,10-12H2,1-4H3. The molecule has 0 radical (unpaired) electrons. The molecule has 1 aromatic rings. The van der Waals surface area contributed by atoms with E-state index in [0.29, 0.717) is 5.41 Å². The Hall–Kier alpha value is -0.820. The second-order valence-electron chi connectivity index (χ2n) is 6.03. The first kappa shape index (κ1) is 12.6. The predicted molar refractivity (Wildman–Crippen MR) is 72.4 cm³/mol. The summed E-state index contributed by atoms with van der Waals surface area (Å²) in [5.41, 5.74) is 3.16. The first-order chi connectivity index (χ1) is 7.97. The molecule has 0 aromatic heterocycles. The Balaban J connectivity index is 2.33. The van der Waals surface area contributed by atoms with E-state index < -0.39 is 0 Å². The molecule has 1 saturated heterocycles. The number of benzene rings is 1. The second-order valence-corrected chi connectivity index (χ2v) is 6.03. The van der Waals surface area contributed by atoms with Crippen LogP contribution < -0.4 is 0 Å². The van der Waals surface area contributed by atoms with Crippen molar-refractivity contribution in [3.8, 4) is 0 Å². The molecule has 0 spiro atoms. The molecule has 1 atom stereocenters. The van der Waals surface area contributed by atoms with Crippen molar-refractivity contribution in [2.45, 2.75) is 58.0 Å². The van der Waals surface area contributed by atoms with Gasteiger partial charge in [0.25, 0.3) is 0 Å². The van der Waals surface area contributed by atoms with E-state index >= 15 is 0 Å². The molecule has 1 heterocycles. The van der Waals surface area contributed by atoms with Crippen LogP contribution >= 0.6 is 0 Å². The highest BCUT2D eigenvalue weighted by molar-refractivity contribution is 5.29. The molecule has 0 N–H and O–H groups in total. The third-order valence-corrected chi connectivity index (χ3v) is 4.18. The summed E-state index contributed by atoms with van der Waals surface area (Å²) in [6.45, 7) is 9.77. The lowest BCUT2D eigenvalue weighted by Crippen LogP contribution is -2.43. The zero-order chi connectivity index (χ0) is 12.5. The number of hydrogen-bond acceptors (Lipinski definition) is 1. The van der Waals surface area contributed by atoms with Gasteiger partial charge >= 0.3 is 0 Å². The fourth-order valence-electron chi connectivity index (χ4n) is 3.14. The fourth-order valence-corrected chi connectivity index (χ4v) is 3.14. The maximum Gasteiger partial charge on any atom is 0.0635 e. The van der Waals surface area contributed by atoms with Crippen LogP contribution in [0, 0.1) is 6.92 Å². The summed E-state index contributed by atoms with van der Waals surface area (Å²) in [5.74, 6) is 0. The van der Waals surface area contributed by atoms with Crippen molar-refractivity contribution < 1.29 is 4.74 Å². The Morgan fingerprint density at radius 3 is 2.35 bits per heavy atom. The molecule has 1 fully saturated rings. The van der Waals surface area contributed by atoms with E-state index in [1.165, 1.54) is 17.5 Å². The zero-order valence-corrected chi connectivity index (χ0v) is 11.5. The van der Waals surface area contributed by atoms with Crippen molar-refractivity contribution in [1.82, 2.24) is 0 Å². The van der Waals surface area contributed by atoms with Crippen LogP contribution in [0.15, 0.2) is 24.3 Å². The second kappa shape index (κ2) is 4.45. The highest BCUT2D eigenvalue weighted by Gasteiger charge is 2.40. The van der Waals surface area contributed by atoms with Gasteiger partial charge in [-0.1, -0.05) is 36.8 Å².